The van der Waals surface area contributed by atoms with Gasteiger partial charge in [0.25, 0.3) is 0 Å². The topological polar surface area (TPSA) is 79.4 Å². The Labute approximate surface area is 181 Å². The van der Waals surface area contributed by atoms with Gasteiger partial charge < -0.3 is 5.32 Å². The number of benzene rings is 1. The number of carbonyl (C=O) groups is 1. The van der Waals surface area contributed by atoms with Gasteiger partial charge in [0.2, 0.25) is 15.9 Å². The van der Waals surface area contributed by atoms with E-state index >= 15 is 0 Å². The highest BCUT2D eigenvalue weighted by atomic mass is 32.2. The second kappa shape index (κ2) is 6.74. The first-order valence-electron chi connectivity index (χ1n) is 11.1. The molecule has 5 aliphatic rings. The summed E-state index contributed by atoms with van der Waals surface area (Å²) >= 11 is 1.38. The highest BCUT2D eigenvalue weighted by Gasteiger charge is 2.54. The summed E-state index contributed by atoms with van der Waals surface area (Å²) in [5, 5.41) is 3.69. The largest absolute Gasteiger partial charge is 0.301 e. The highest BCUT2D eigenvalue weighted by molar-refractivity contribution is 7.89. The number of amides is 1. The molecule has 0 unspecified atom stereocenters. The first-order chi connectivity index (χ1) is 14.4. The van der Waals surface area contributed by atoms with E-state index in [1.54, 1.807) is 22.5 Å². The van der Waals surface area contributed by atoms with Crippen LogP contribution in [0.2, 0.25) is 0 Å². The molecule has 0 atom stereocenters. The lowest BCUT2D eigenvalue weighted by Gasteiger charge is -2.55. The second-order valence-corrected chi connectivity index (χ2v) is 12.9. The number of sulfonamides is 1. The quantitative estimate of drug-likeness (QED) is 0.764. The van der Waals surface area contributed by atoms with E-state index in [1.807, 2.05) is 0 Å². The zero-order valence-corrected chi connectivity index (χ0v) is 18.6. The molecule has 2 heterocycles. The molecule has 1 aromatic heterocycles. The molecule has 1 aromatic carbocycles. The maximum absolute atomic E-state index is 13.3. The number of thiazole rings is 1. The molecule has 5 fully saturated rings. The highest BCUT2D eigenvalue weighted by Crippen LogP contribution is 2.60. The fourth-order valence-corrected chi connectivity index (χ4v) is 9.33. The van der Waals surface area contributed by atoms with Crippen LogP contribution in [-0.4, -0.2) is 36.7 Å². The predicted octanol–water partition coefficient (Wildman–Crippen LogP) is 4.24. The Hall–Kier alpha value is -1.51. The number of aromatic nitrogens is 1. The van der Waals surface area contributed by atoms with Crippen molar-refractivity contribution in [1.82, 2.24) is 9.29 Å². The number of hydrogen-bond donors (Lipinski definition) is 1. The summed E-state index contributed by atoms with van der Waals surface area (Å²) in [4.78, 5) is 18.2. The van der Waals surface area contributed by atoms with Gasteiger partial charge in [0.1, 0.15) is 0 Å². The van der Waals surface area contributed by atoms with E-state index in [9.17, 15) is 13.2 Å². The Morgan fingerprint density at radius 3 is 2.33 bits per heavy atom. The standard InChI is InChI=1S/C22H27N3O3S2/c26-20(22-11-14-7-15(12-22)9-16(8-14)13-22)24-21-23-18-4-3-17(10-19(18)29-21)30(27,28)25-5-1-2-6-25/h3-4,10,14-16H,1-2,5-9,11-13H2,(H,23,24,26). The van der Waals surface area contributed by atoms with Crippen molar-refractivity contribution in [2.24, 2.45) is 23.2 Å². The zero-order valence-electron chi connectivity index (χ0n) is 17.0. The second-order valence-electron chi connectivity index (χ2n) is 9.91. The van der Waals surface area contributed by atoms with Crippen molar-refractivity contribution in [3.63, 3.8) is 0 Å². The van der Waals surface area contributed by atoms with Crippen molar-refractivity contribution in [3.8, 4) is 0 Å². The maximum atomic E-state index is 13.3. The summed E-state index contributed by atoms with van der Waals surface area (Å²) in [5.41, 5.74) is 0.526. The number of nitrogens with zero attached hydrogens (tertiary/aromatic N) is 2. The van der Waals surface area contributed by atoms with Gasteiger partial charge >= 0.3 is 0 Å². The third kappa shape index (κ3) is 3.02. The molecule has 7 rings (SSSR count). The van der Waals surface area contributed by atoms with E-state index < -0.39 is 10.0 Å². The van der Waals surface area contributed by atoms with Gasteiger partial charge in [-0.1, -0.05) is 11.3 Å². The van der Waals surface area contributed by atoms with Crippen LogP contribution >= 0.6 is 11.3 Å². The van der Waals surface area contributed by atoms with E-state index in [0.29, 0.717) is 23.1 Å². The average Bonchev–Trinajstić information content (AvgIpc) is 3.36. The maximum Gasteiger partial charge on any atom is 0.243 e. The normalized spacial score (nSPS) is 33.4. The Morgan fingerprint density at radius 2 is 1.70 bits per heavy atom. The monoisotopic (exact) mass is 445 g/mol. The van der Waals surface area contributed by atoms with Gasteiger partial charge in [-0.3, -0.25) is 4.79 Å². The minimum Gasteiger partial charge on any atom is -0.301 e. The molecule has 1 saturated heterocycles. The van der Waals surface area contributed by atoms with Crippen molar-refractivity contribution >= 4 is 42.6 Å². The van der Waals surface area contributed by atoms with Crippen molar-refractivity contribution in [2.45, 2.75) is 56.3 Å². The Bertz CT molecular complexity index is 1080. The molecule has 4 bridgehead atoms. The lowest BCUT2D eigenvalue weighted by atomic mass is 9.49. The molecule has 1 amide bonds. The number of nitrogens with one attached hydrogen (secondary N) is 1. The molecule has 30 heavy (non-hydrogen) atoms. The molecule has 1 aliphatic heterocycles. The summed E-state index contributed by atoms with van der Waals surface area (Å²) in [5.74, 6) is 2.28. The molecule has 6 nitrogen and oxygen atoms in total. The zero-order chi connectivity index (χ0) is 20.5. The third-order valence-corrected chi connectivity index (χ3v) is 10.6. The molecule has 2 aromatic rings. The van der Waals surface area contributed by atoms with Crippen molar-refractivity contribution < 1.29 is 13.2 Å². The first-order valence-corrected chi connectivity index (χ1v) is 13.4. The van der Waals surface area contributed by atoms with E-state index in [2.05, 4.69) is 10.3 Å². The third-order valence-electron chi connectivity index (χ3n) is 7.80. The molecule has 160 valence electrons. The van der Waals surface area contributed by atoms with Crippen LogP contribution < -0.4 is 5.32 Å². The van der Waals surface area contributed by atoms with Crippen molar-refractivity contribution in [3.05, 3.63) is 18.2 Å². The summed E-state index contributed by atoms with van der Waals surface area (Å²) in [6.45, 7) is 1.19. The average molecular weight is 446 g/mol. The van der Waals surface area contributed by atoms with Gasteiger partial charge in [-0.25, -0.2) is 13.4 Å². The van der Waals surface area contributed by atoms with Crippen LogP contribution in [0.1, 0.15) is 51.4 Å². The molecular weight excluding hydrogens is 418 g/mol. The summed E-state index contributed by atoms with van der Waals surface area (Å²) < 4.78 is 28.1. The minimum atomic E-state index is -3.45. The van der Waals surface area contributed by atoms with Crippen LogP contribution in [0.15, 0.2) is 23.1 Å². The number of fused-ring (bicyclic) bond motifs is 1. The van der Waals surface area contributed by atoms with Crippen LogP contribution in [0.4, 0.5) is 5.13 Å². The van der Waals surface area contributed by atoms with Gasteiger partial charge in [-0.05, 0) is 87.3 Å². The number of rotatable bonds is 4. The van der Waals surface area contributed by atoms with Crippen molar-refractivity contribution in [2.75, 3.05) is 18.4 Å². The first kappa shape index (κ1) is 19.2. The van der Waals surface area contributed by atoms with E-state index in [4.69, 9.17) is 0 Å². The van der Waals surface area contributed by atoms with Crippen molar-refractivity contribution in [1.29, 1.82) is 0 Å². The SMILES string of the molecule is O=C(Nc1nc2ccc(S(=O)(=O)N3CCCC3)cc2s1)C12CC3CC(CC(C3)C1)C2. The van der Waals surface area contributed by atoms with Crippen LogP contribution in [0.3, 0.4) is 0 Å². The van der Waals surface area contributed by atoms with Crippen LogP contribution in [0.25, 0.3) is 10.2 Å². The Balaban J connectivity index is 1.25. The van der Waals surface area contributed by atoms with E-state index in [-0.39, 0.29) is 11.3 Å². The minimum absolute atomic E-state index is 0.130. The van der Waals surface area contributed by atoms with E-state index in [0.717, 1.165) is 60.1 Å². The van der Waals surface area contributed by atoms with Crippen LogP contribution in [0.5, 0.6) is 0 Å². The Kier molecular flexibility index (Phi) is 4.31. The smallest absolute Gasteiger partial charge is 0.243 e. The summed E-state index contributed by atoms with van der Waals surface area (Å²) in [7, 11) is -3.45. The van der Waals surface area contributed by atoms with Gasteiger partial charge in [-0.15, -0.1) is 0 Å². The lowest BCUT2D eigenvalue weighted by molar-refractivity contribution is -0.140. The van der Waals surface area contributed by atoms with Gasteiger partial charge in [0.05, 0.1) is 20.5 Å². The molecule has 4 aliphatic carbocycles. The number of hydrogen-bond acceptors (Lipinski definition) is 5. The molecule has 8 heteroatoms. The fourth-order valence-electron chi connectivity index (χ4n) is 6.81. The molecule has 1 N–H and O–H groups in total. The number of anilines is 1. The molecule has 4 saturated carbocycles. The van der Waals surface area contributed by atoms with Gasteiger partial charge in [0, 0.05) is 13.1 Å². The predicted molar refractivity (Wildman–Crippen MR) is 117 cm³/mol. The van der Waals surface area contributed by atoms with Gasteiger partial charge in [0.15, 0.2) is 5.13 Å². The van der Waals surface area contributed by atoms with Crippen LogP contribution in [-0.2, 0) is 14.8 Å². The Morgan fingerprint density at radius 1 is 1.07 bits per heavy atom. The van der Waals surface area contributed by atoms with Gasteiger partial charge in [-0.2, -0.15) is 4.31 Å². The fraction of sp³-hybridized carbons (Fsp3) is 0.636. The molecule has 0 spiro atoms. The van der Waals surface area contributed by atoms with E-state index in [1.165, 1.54) is 30.6 Å². The van der Waals surface area contributed by atoms with Crippen LogP contribution in [0, 0.1) is 23.2 Å². The lowest BCUT2D eigenvalue weighted by Crippen LogP contribution is -2.51. The summed E-state index contributed by atoms with van der Waals surface area (Å²) in [6, 6.07) is 5.11. The summed E-state index contributed by atoms with van der Waals surface area (Å²) in [6.07, 6.45) is 8.83. The molecular formula is C22H27N3O3S2. The number of carbonyl (C=O) groups excluding carboxylic acids is 1. The molecule has 0 radical (unpaired) electrons.